The van der Waals surface area contributed by atoms with Crippen LogP contribution in [-0.4, -0.2) is 0 Å². The van der Waals surface area contributed by atoms with Crippen LogP contribution < -0.4 is 0 Å². The molecule has 0 aliphatic heterocycles. The molecule has 2 rings (SSSR count). The third-order valence-corrected chi connectivity index (χ3v) is 2.97. The molecule has 0 unspecified atom stereocenters. The largest absolute Gasteiger partial charge is 0.203 e. The number of rotatable bonds is 1. The second-order valence-corrected chi connectivity index (χ2v) is 4.41. The van der Waals surface area contributed by atoms with E-state index in [9.17, 15) is 22.0 Å². The van der Waals surface area contributed by atoms with Crippen LogP contribution in [0.4, 0.5) is 22.0 Å². The van der Waals surface area contributed by atoms with Crippen molar-refractivity contribution in [2.24, 2.45) is 0 Å². The maximum absolute atomic E-state index is 13.6. The first-order chi connectivity index (χ1) is 8.84. The predicted octanol–water partition coefficient (Wildman–Crippen LogP) is 5.36. The zero-order valence-electron chi connectivity index (χ0n) is 8.88. The molecule has 2 aromatic rings. The normalized spacial score (nSPS) is 10.9. The van der Waals surface area contributed by atoms with Gasteiger partial charge in [0.15, 0.2) is 23.3 Å². The Labute approximate surface area is 114 Å². The van der Waals surface area contributed by atoms with Crippen LogP contribution in [0.2, 0.25) is 10.0 Å². The van der Waals surface area contributed by atoms with Gasteiger partial charge in [-0.2, -0.15) is 0 Å². The number of hydrogen-bond donors (Lipinski definition) is 0. The van der Waals surface area contributed by atoms with Crippen LogP contribution in [-0.2, 0) is 0 Å². The van der Waals surface area contributed by atoms with E-state index in [-0.39, 0.29) is 15.6 Å². The summed E-state index contributed by atoms with van der Waals surface area (Å²) in [6.45, 7) is 0. The van der Waals surface area contributed by atoms with Crippen molar-refractivity contribution in [1.82, 2.24) is 0 Å². The lowest BCUT2D eigenvalue weighted by Crippen LogP contribution is -2.04. The SMILES string of the molecule is Fc1c(F)c(F)c(-c2cc(Cl)ccc2Cl)c(F)c1F. The van der Waals surface area contributed by atoms with Crippen molar-refractivity contribution >= 4 is 23.2 Å². The average molecular weight is 313 g/mol. The molecule has 7 heteroatoms. The van der Waals surface area contributed by atoms with Gasteiger partial charge in [-0.1, -0.05) is 23.2 Å². The van der Waals surface area contributed by atoms with Crippen molar-refractivity contribution in [2.45, 2.75) is 0 Å². The monoisotopic (exact) mass is 312 g/mol. The van der Waals surface area contributed by atoms with Gasteiger partial charge >= 0.3 is 0 Å². The van der Waals surface area contributed by atoms with Crippen LogP contribution >= 0.6 is 23.2 Å². The molecule has 100 valence electrons. The minimum absolute atomic E-state index is 0.0448. The highest BCUT2D eigenvalue weighted by Gasteiger charge is 2.27. The van der Waals surface area contributed by atoms with E-state index in [1.54, 1.807) is 0 Å². The topological polar surface area (TPSA) is 0 Å². The summed E-state index contributed by atoms with van der Waals surface area (Å²) in [7, 11) is 0. The molecular weight excluding hydrogens is 310 g/mol. The molecule has 0 aliphatic rings. The molecule has 0 spiro atoms. The molecule has 19 heavy (non-hydrogen) atoms. The van der Waals surface area contributed by atoms with Crippen LogP contribution in [0.3, 0.4) is 0 Å². The molecule has 0 atom stereocenters. The third kappa shape index (κ3) is 2.28. The van der Waals surface area contributed by atoms with E-state index in [1.165, 1.54) is 12.1 Å². The standard InChI is InChI=1S/C12H3Cl2F5/c13-4-1-2-6(14)5(3-4)7-8(15)10(17)12(19)11(18)9(7)16/h1-3H. The molecule has 0 saturated heterocycles. The fourth-order valence-corrected chi connectivity index (χ4v) is 1.91. The highest BCUT2D eigenvalue weighted by atomic mass is 35.5. The molecule has 2 aromatic carbocycles. The van der Waals surface area contributed by atoms with Gasteiger partial charge in [0, 0.05) is 15.6 Å². The third-order valence-electron chi connectivity index (χ3n) is 2.41. The lowest BCUT2D eigenvalue weighted by atomic mass is 10.0. The van der Waals surface area contributed by atoms with Crippen LogP contribution in [0.1, 0.15) is 0 Å². The van der Waals surface area contributed by atoms with Gasteiger partial charge < -0.3 is 0 Å². The summed E-state index contributed by atoms with van der Waals surface area (Å²) >= 11 is 11.3. The van der Waals surface area contributed by atoms with Gasteiger partial charge in [0.1, 0.15) is 0 Å². The molecule has 0 N–H and O–H groups in total. The molecule has 0 aromatic heterocycles. The van der Waals surface area contributed by atoms with E-state index in [4.69, 9.17) is 23.2 Å². The summed E-state index contributed by atoms with van der Waals surface area (Å²) in [5.41, 5.74) is -1.48. The predicted molar refractivity (Wildman–Crippen MR) is 61.7 cm³/mol. The van der Waals surface area contributed by atoms with Gasteiger partial charge in [0.2, 0.25) is 5.82 Å². The highest BCUT2D eigenvalue weighted by Crippen LogP contribution is 2.36. The smallest absolute Gasteiger partial charge is 0.200 e. The zero-order chi connectivity index (χ0) is 14.3. The first kappa shape index (κ1) is 14.1. The van der Waals surface area contributed by atoms with E-state index in [0.717, 1.165) is 6.07 Å². The van der Waals surface area contributed by atoms with Gasteiger partial charge in [-0.05, 0) is 18.2 Å². The Morgan fingerprint density at radius 2 is 1.16 bits per heavy atom. The minimum atomic E-state index is -2.23. The van der Waals surface area contributed by atoms with Crippen LogP contribution in [0.5, 0.6) is 0 Å². The molecule has 0 radical (unpaired) electrons. The van der Waals surface area contributed by atoms with E-state index >= 15 is 0 Å². The van der Waals surface area contributed by atoms with Gasteiger partial charge in [-0.15, -0.1) is 0 Å². The fourth-order valence-electron chi connectivity index (χ4n) is 1.53. The van der Waals surface area contributed by atoms with Crippen molar-refractivity contribution in [2.75, 3.05) is 0 Å². The number of benzene rings is 2. The maximum atomic E-state index is 13.6. The summed E-state index contributed by atoms with van der Waals surface area (Å²) in [6, 6.07) is 3.53. The van der Waals surface area contributed by atoms with Crippen LogP contribution in [0, 0.1) is 29.1 Å². The quantitative estimate of drug-likeness (QED) is 0.378. The Bertz CT molecular complexity index is 641. The van der Waals surface area contributed by atoms with Crippen LogP contribution in [0.15, 0.2) is 18.2 Å². The Kier molecular flexibility index (Phi) is 3.69. The van der Waals surface area contributed by atoms with Gasteiger partial charge in [0.05, 0.1) is 5.56 Å². The Hall–Kier alpha value is -1.33. The van der Waals surface area contributed by atoms with Crippen molar-refractivity contribution in [3.05, 3.63) is 57.3 Å². The van der Waals surface area contributed by atoms with E-state index < -0.39 is 34.6 Å². The second kappa shape index (κ2) is 4.98. The van der Waals surface area contributed by atoms with E-state index in [0.29, 0.717) is 0 Å². The first-order valence-electron chi connectivity index (χ1n) is 4.81. The van der Waals surface area contributed by atoms with Gasteiger partial charge in [0.25, 0.3) is 0 Å². The molecule has 0 saturated carbocycles. The molecule has 0 fully saturated rings. The van der Waals surface area contributed by atoms with Gasteiger partial charge in [-0.3, -0.25) is 0 Å². The molecular formula is C12H3Cl2F5. The highest BCUT2D eigenvalue weighted by molar-refractivity contribution is 6.35. The number of halogens is 7. The maximum Gasteiger partial charge on any atom is 0.200 e. The molecule has 0 bridgehead atoms. The molecule has 0 nitrogen and oxygen atoms in total. The Morgan fingerprint density at radius 1 is 0.684 bits per heavy atom. The van der Waals surface area contributed by atoms with Gasteiger partial charge in [-0.25, -0.2) is 22.0 Å². The van der Waals surface area contributed by atoms with Crippen molar-refractivity contribution in [3.63, 3.8) is 0 Å². The first-order valence-corrected chi connectivity index (χ1v) is 5.57. The van der Waals surface area contributed by atoms with E-state index in [1.807, 2.05) is 0 Å². The Balaban J connectivity index is 2.87. The molecule has 0 aliphatic carbocycles. The van der Waals surface area contributed by atoms with Crippen molar-refractivity contribution in [3.8, 4) is 11.1 Å². The molecule has 0 heterocycles. The zero-order valence-corrected chi connectivity index (χ0v) is 10.4. The summed E-state index contributed by atoms with van der Waals surface area (Å²) in [4.78, 5) is 0. The van der Waals surface area contributed by atoms with Crippen LogP contribution in [0.25, 0.3) is 11.1 Å². The van der Waals surface area contributed by atoms with Crippen molar-refractivity contribution in [1.29, 1.82) is 0 Å². The van der Waals surface area contributed by atoms with Crippen molar-refractivity contribution < 1.29 is 22.0 Å². The second-order valence-electron chi connectivity index (χ2n) is 3.57. The lowest BCUT2D eigenvalue weighted by Gasteiger charge is -2.10. The Morgan fingerprint density at radius 3 is 1.68 bits per heavy atom. The lowest BCUT2D eigenvalue weighted by molar-refractivity contribution is 0.381. The fraction of sp³-hybridized carbons (Fsp3) is 0. The summed E-state index contributed by atoms with van der Waals surface area (Å²) in [6.07, 6.45) is 0. The summed E-state index contributed by atoms with van der Waals surface area (Å²) in [5, 5.41) is -0.143. The molecule has 0 amide bonds. The average Bonchev–Trinajstić information content (AvgIpc) is 2.38. The summed E-state index contributed by atoms with van der Waals surface area (Å²) in [5.74, 6) is -10.2. The number of hydrogen-bond acceptors (Lipinski definition) is 0. The minimum Gasteiger partial charge on any atom is -0.203 e. The van der Waals surface area contributed by atoms with E-state index in [2.05, 4.69) is 0 Å². The summed E-state index contributed by atoms with van der Waals surface area (Å²) < 4.78 is 66.2.